The first-order valence-electron chi connectivity index (χ1n) is 7.56. The van der Waals surface area contributed by atoms with Crippen LogP contribution in [0.5, 0.6) is 0 Å². The molecule has 0 aromatic rings. The summed E-state index contributed by atoms with van der Waals surface area (Å²) in [5.41, 5.74) is 0. The second-order valence-corrected chi connectivity index (χ2v) is 7.64. The van der Waals surface area contributed by atoms with Crippen molar-refractivity contribution in [2.45, 2.75) is 38.6 Å². The minimum absolute atomic E-state index is 0.285. The maximum atomic E-state index is 12.4. The third-order valence-electron chi connectivity index (χ3n) is 3.92. The zero-order valence-corrected chi connectivity index (χ0v) is 12.8. The summed E-state index contributed by atoms with van der Waals surface area (Å²) in [7, 11) is -3.06. The Balaban J connectivity index is 1.84. The molecule has 2 rings (SSSR count). The number of nitrogens with zero attached hydrogens (tertiary/aromatic N) is 2. The highest BCUT2D eigenvalue weighted by Crippen LogP contribution is 2.29. The molecule has 6 heteroatoms. The molecular formula is C13H27N3O2S. The summed E-state index contributed by atoms with van der Waals surface area (Å²) in [4.78, 5) is 2.25. The zero-order valence-electron chi connectivity index (χ0n) is 12.0. The molecule has 1 aliphatic heterocycles. The fraction of sp³-hybridized carbons (Fsp3) is 1.00. The summed E-state index contributed by atoms with van der Waals surface area (Å²) in [6.07, 6.45) is 4.13. The van der Waals surface area contributed by atoms with Crippen molar-refractivity contribution in [2.75, 3.05) is 45.0 Å². The van der Waals surface area contributed by atoms with Crippen LogP contribution in [0.15, 0.2) is 0 Å². The second-order valence-electron chi connectivity index (χ2n) is 5.60. The first kappa shape index (κ1) is 15.2. The summed E-state index contributed by atoms with van der Waals surface area (Å²) in [5.74, 6) is 0.285. The normalized spacial score (nSPS) is 22.0. The molecule has 19 heavy (non-hydrogen) atoms. The SMILES string of the molecule is CCCCN(C1CC1)S(=O)(=O)CCN1CCNCC1. The zero-order chi connectivity index (χ0) is 13.7. The minimum atomic E-state index is -3.06. The Morgan fingerprint density at radius 3 is 2.53 bits per heavy atom. The Labute approximate surface area is 117 Å². The van der Waals surface area contributed by atoms with Gasteiger partial charge in [-0.2, -0.15) is 4.31 Å². The molecule has 112 valence electrons. The van der Waals surface area contributed by atoms with Crippen LogP contribution in [0.1, 0.15) is 32.6 Å². The van der Waals surface area contributed by atoms with E-state index >= 15 is 0 Å². The quantitative estimate of drug-likeness (QED) is 0.706. The van der Waals surface area contributed by atoms with E-state index in [-0.39, 0.29) is 5.75 Å². The van der Waals surface area contributed by atoms with E-state index in [4.69, 9.17) is 0 Å². The number of sulfonamides is 1. The molecule has 0 spiro atoms. The molecule has 5 nitrogen and oxygen atoms in total. The summed E-state index contributed by atoms with van der Waals surface area (Å²) >= 11 is 0. The topological polar surface area (TPSA) is 52.7 Å². The number of nitrogens with one attached hydrogen (secondary N) is 1. The van der Waals surface area contributed by atoms with Gasteiger partial charge >= 0.3 is 0 Å². The highest BCUT2D eigenvalue weighted by molar-refractivity contribution is 7.89. The van der Waals surface area contributed by atoms with Crippen molar-refractivity contribution in [3.05, 3.63) is 0 Å². The van der Waals surface area contributed by atoms with E-state index < -0.39 is 10.0 Å². The van der Waals surface area contributed by atoms with Crippen molar-refractivity contribution in [1.82, 2.24) is 14.5 Å². The van der Waals surface area contributed by atoms with Crippen LogP contribution in [0.3, 0.4) is 0 Å². The van der Waals surface area contributed by atoms with Crippen LogP contribution in [0, 0.1) is 0 Å². The van der Waals surface area contributed by atoms with E-state index in [9.17, 15) is 8.42 Å². The maximum Gasteiger partial charge on any atom is 0.215 e. The highest BCUT2D eigenvalue weighted by Gasteiger charge is 2.36. The molecule has 0 unspecified atom stereocenters. The molecule has 1 saturated carbocycles. The van der Waals surface area contributed by atoms with Crippen molar-refractivity contribution >= 4 is 10.0 Å². The van der Waals surface area contributed by atoms with Gasteiger partial charge in [-0.3, -0.25) is 4.90 Å². The monoisotopic (exact) mass is 289 g/mol. The molecule has 0 atom stereocenters. The Hall–Kier alpha value is -0.170. The average Bonchev–Trinajstić information content (AvgIpc) is 3.23. The van der Waals surface area contributed by atoms with Gasteiger partial charge in [-0.15, -0.1) is 0 Å². The molecule has 0 amide bonds. The van der Waals surface area contributed by atoms with Crippen LogP contribution >= 0.6 is 0 Å². The molecule has 2 fully saturated rings. The summed E-state index contributed by atoms with van der Waals surface area (Å²) in [6, 6.07) is 0.305. The number of piperazine rings is 1. The van der Waals surface area contributed by atoms with Crippen LogP contribution in [-0.2, 0) is 10.0 Å². The first-order valence-corrected chi connectivity index (χ1v) is 9.17. The lowest BCUT2D eigenvalue weighted by Crippen LogP contribution is -2.46. The molecule has 1 saturated heterocycles. The molecular weight excluding hydrogens is 262 g/mol. The number of unbranched alkanes of at least 4 members (excludes halogenated alkanes) is 1. The van der Waals surface area contributed by atoms with Gasteiger partial charge in [0.05, 0.1) is 5.75 Å². The van der Waals surface area contributed by atoms with Crippen LogP contribution in [-0.4, -0.2) is 68.7 Å². The maximum absolute atomic E-state index is 12.4. The number of hydrogen-bond acceptors (Lipinski definition) is 4. The van der Waals surface area contributed by atoms with E-state index in [1.165, 1.54) is 0 Å². The van der Waals surface area contributed by atoms with Gasteiger partial charge in [0.1, 0.15) is 0 Å². The molecule has 0 radical (unpaired) electrons. The third kappa shape index (κ3) is 4.70. The fourth-order valence-electron chi connectivity index (χ4n) is 2.52. The van der Waals surface area contributed by atoms with Gasteiger partial charge in [0, 0.05) is 45.3 Å². The van der Waals surface area contributed by atoms with Crippen molar-refractivity contribution in [2.24, 2.45) is 0 Å². The predicted molar refractivity (Wildman–Crippen MR) is 77.7 cm³/mol. The van der Waals surface area contributed by atoms with Gasteiger partial charge in [-0.25, -0.2) is 8.42 Å². The largest absolute Gasteiger partial charge is 0.314 e. The molecule has 0 aromatic heterocycles. The fourth-order valence-corrected chi connectivity index (χ4v) is 4.32. The Morgan fingerprint density at radius 2 is 1.95 bits per heavy atom. The van der Waals surface area contributed by atoms with E-state index in [2.05, 4.69) is 17.1 Å². The van der Waals surface area contributed by atoms with E-state index in [0.717, 1.165) is 51.9 Å². The highest BCUT2D eigenvalue weighted by atomic mass is 32.2. The lowest BCUT2D eigenvalue weighted by Gasteiger charge is -2.28. The molecule has 1 heterocycles. The summed E-state index contributed by atoms with van der Waals surface area (Å²) < 4.78 is 26.7. The standard InChI is InChI=1S/C13H27N3O2S/c1-2-3-8-16(13-4-5-13)19(17,18)12-11-15-9-6-14-7-10-15/h13-14H,2-12H2,1H3. The van der Waals surface area contributed by atoms with Crippen molar-refractivity contribution < 1.29 is 8.42 Å². The molecule has 0 bridgehead atoms. The van der Waals surface area contributed by atoms with E-state index in [1.54, 1.807) is 4.31 Å². The van der Waals surface area contributed by atoms with Gasteiger partial charge in [-0.1, -0.05) is 13.3 Å². The third-order valence-corrected chi connectivity index (χ3v) is 5.81. The van der Waals surface area contributed by atoms with E-state index in [0.29, 0.717) is 19.1 Å². The van der Waals surface area contributed by atoms with E-state index in [1.807, 2.05) is 0 Å². The van der Waals surface area contributed by atoms with Crippen LogP contribution < -0.4 is 5.32 Å². The lowest BCUT2D eigenvalue weighted by molar-refractivity contribution is 0.252. The smallest absolute Gasteiger partial charge is 0.215 e. The first-order chi connectivity index (χ1) is 9.13. The summed E-state index contributed by atoms with van der Waals surface area (Å²) in [5, 5.41) is 3.29. The average molecular weight is 289 g/mol. The lowest BCUT2D eigenvalue weighted by atomic mass is 10.3. The Bertz CT molecular complexity index is 362. The minimum Gasteiger partial charge on any atom is -0.314 e. The van der Waals surface area contributed by atoms with Crippen LogP contribution in [0.4, 0.5) is 0 Å². The van der Waals surface area contributed by atoms with Crippen molar-refractivity contribution in [3.63, 3.8) is 0 Å². The molecule has 1 N–H and O–H groups in total. The van der Waals surface area contributed by atoms with Gasteiger partial charge < -0.3 is 5.32 Å². The number of hydrogen-bond donors (Lipinski definition) is 1. The van der Waals surface area contributed by atoms with Crippen LogP contribution in [0.25, 0.3) is 0 Å². The Morgan fingerprint density at radius 1 is 1.26 bits per heavy atom. The molecule has 0 aromatic carbocycles. The summed E-state index contributed by atoms with van der Waals surface area (Å²) in [6.45, 7) is 7.38. The molecule has 2 aliphatic rings. The van der Waals surface area contributed by atoms with Crippen molar-refractivity contribution in [1.29, 1.82) is 0 Å². The van der Waals surface area contributed by atoms with Gasteiger partial charge in [-0.05, 0) is 19.3 Å². The predicted octanol–water partition coefficient (Wildman–Crippen LogP) is 0.486. The second kappa shape index (κ2) is 7.02. The van der Waals surface area contributed by atoms with Gasteiger partial charge in [0.15, 0.2) is 0 Å². The van der Waals surface area contributed by atoms with Crippen LogP contribution in [0.2, 0.25) is 0 Å². The van der Waals surface area contributed by atoms with Gasteiger partial charge in [0.2, 0.25) is 10.0 Å². The Kier molecular flexibility index (Phi) is 5.62. The number of rotatable bonds is 8. The van der Waals surface area contributed by atoms with Gasteiger partial charge in [0.25, 0.3) is 0 Å². The molecule has 1 aliphatic carbocycles. The van der Waals surface area contributed by atoms with Crippen molar-refractivity contribution in [3.8, 4) is 0 Å².